The van der Waals surface area contributed by atoms with Crippen molar-refractivity contribution in [1.82, 2.24) is 30.7 Å². The lowest BCUT2D eigenvalue weighted by Crippen LogP contribution is -2.19. The number of amides is 1. The minimum absolute atomic E-state index is 0.00533. The maximum Gasteiger partial charge on any atom is 0.294 e. The summed E-state index contributed by atoms with van der Waals surface area (Å²) in [7, 11) is 0. The zero-order valence-corrected chi connectivity index (χ0v) is 18.6. The highest BCUT2D eigenvalue weighted by atomic mass is 32.2. The van der Waals surface area contributed by atoms with Gasteiger partial charge >= 0.3 is 0 Å². The quantitative estimate of drug-likeness (QED) is 0.228. The zero-order valence-electron chi connectivity index (χ0n) is 17.8. The van der Waals surface area contributed by atoms with Crippen molar-refractivity contribution < 1.29 is 14.2 Å². The number of ether oxygens (including phenoxy) is 1. The van der Waals surface area contributed by atoms with Gasteiger partial charge in [-0.2, -0.15) is 9.78 Å². The van der Waals surface area contributed by atoms with E-state index in [1.54, 1.807) is 42.2 Å². The average Bonchev–Trinajstić information content (AvgIpc) is 3.46. The molecule has 4 aromatic rings. The molecule has 0 saturated carbocycles. The molecule has 33 heavy (non-hydrogen) atoms. The van der Waals surface area contributed by atoms with Crippen molar-refractivity contribution in [1.29, 1.82) is 0 Å². The molecule has 0 radical (unpaired) electrons. The summed E-state index contributed by atoms with van der Waals surface area (Å²) in [6.45, 7) is 2.43. The van der Waals surface area contributed by atoms with Gasteiger partial charge in [0, 0.05) is 10.5 Å². The number of hydrogen-bond acceptors (Lipinski definition) is 10. The van der Waals surface area contributed by atoms with Crippen LogP contribution in [0.3, 0.4) is 0 Å². The van der Waals surface area contributed by atoms with Crippen molar-refractivity contribution in [2.45, 2.75) is 11.8 Å². The minimum atomic E-state index is -0.558. The fourth-order valence-electron chi connectivity index (χ4n) is 2.96. The van der Waals surface area contributed by atoms with Crippen LogP contribution in [-0.4, -0.2) is 50.3 Å². The van der Waals surface area contributed by atoms with Crippen molar-refractivity contribution >= 4 is 29.7 Å². The minimum Gasteiger partial charge on any atom is -0.494 e. The van der Waals surface area contributed by atoms with Gasteiger partial charge in [0.05, 0.1) is 12.8 Å². The van der Waals surface area contributed by atoms with Crippen LogP contribution in [0, 0.1) is 0 Å². The van der Waals surface area contributed by atoms with Crippen molar-refractivity contribution in [3.63, 3.8) is 0 Å². The Labute approximate surface area is 193 Å². The second-order valence-corrected chi connectivity index (χ2v) is 7.48. The van der Waals surface area contributed by atoms with Gasteiger partial charge in [0.1, 0.15) is 11.4 Å². The first kappa shape index (κ1) is 22.0. The van der Waals surface area contributed by atoms with E-state index in [-0.39, 0.29) is 17.3 Å². The predicted octanol–water partition coefficient (Wildman–Crippen LogP) is 2.78. The summed E-state index contributed by atoms with van der Waals surface area (Å²) in [5, 5.41) is 19.4. The van der Waals surface area contributed by atoms with E-state index in [0.29, 0.717) is 23.6 Å². The number of rotatable bonds is 8. The molecule has 0 aliphatic rings. The molecule has 0 saturated heterocycles. The van der Waals surface area contributed by atoms with E-state index in [9.17, 15) is 4.79 Å². The van der Waals surface area contributed by atoms with Gasteiger partial charge in [-0.15, -0.1) is 16.9 Å². The van der Waals surface area contributed by atoms with Crippen molar-refractivity contribution in [3.05, 3.63) is 59.8 Å². The third-order valence-electron chi connectivity index (χ3n) is 4.52. The molecule has 2 heterocycles. The van der Waals surface area contributed by atoms with Crippen molar-refractivity contribution in [3.8, 4) is 22.8 Å². The smallest absolute Gasteiger partial charge is 0.294 e. The SMILES string of the molecule is CCOc1ccc(-c2c(C(=O)N/N=C/c3ccc(SC)cc3)nnn2-c2nonc2N)cc1. The van der Waals surface area contributed by atoms with Gasteiger partial charge in [-0.1, -0.05) is 17.3 Å². The number of nitrogen functional groups attached to an aromatic ring is 1. The average molecular weight is 465 g/mol. The molecule has 4 rings (SSSR count). The topological polar surface area (TPSA) is 146 Å². The maximum atomic E-state index is 12.9. The summed E-state index contributed by atoms with van der Waals surface area (Å²) in [5.74, 6) is 0.247. The molecule has 0 spiro atoms. The lowest BCUT2D eigenvalue weighted by Gasteiger charge is -2.07. The van der Waals surface area contributed by atoms with Crippen LogP contribution in [0.5, 0.6) is 5.75 Å². The van der Waals surface area contributed by atoms with Gasteiger partial charge < -0.3 is 10.5 Å². The van der Waals surface area contributed by atoms with Gasteiger partial charge in [-0.25, -0.2) is 10.1 Å². The standard InChI is InChI=1S/C21H20N8O3S/c1-3-31-15-8-6-14(7-9-15)18-17(24-28-29(18)20-19(22)26-32-27-20)21(30)25-23-12-13-4-10-16(33-2)11-5-13/h4-12H,3H2,1-2H3,(H2,22,26)(H,25,30)/b23-12+. The maximum absolute atomic E-state index is 12.9. The monoisotopic (exact) mass is 464 g/mol. The summed E-state index contributed by atoms with van der Waals surface area (Å²) in [6.07, 6.45) is 3.55. The largest absolute Gasteiger partial charge is 0.494 e. The Kier molecular flexibility index (Phi) is 6.64. The van der Waals surface area contributed by atoms with E-state index in [1.165, 1.54) is 4.68 Å². The molecule has 2 aromatic carbocycles. The van der Waals surface area contributed by atoms with Crippen LogP contribution >= 0.6 is 11.8 Å². The second kappa shape index (κ2) is 9.96. The van der Waals surface area contributed by atoms with E-state index in [4.69, 9.17) is 10.5 Å². The van der Waals surface area contributed by atoms with Gasteiger partial charge in [0.2, 0.25) is 11.6 Å². The predicted molar refractivity (Wildman–Crippen MR) is 124 cm³/mol. The van der Waals surface area contributed by atoms with E-state index in [0.717, 1.165) is 10.5 Å². The van der Waals surface area contributed by atoms with Crippen LogP contribution in [0.4, 0.5) is 5.82 Å². The van der Waals surface area contributed by atoms with Crippen LogP contribution in [0.1, 0.15) is 23.0 Å². The molecule has 0 atom stereocenters. The number of anilines is 1. The molecule has 0 fully saturated rings. The van der Waals surface area contributed by atoms with Gasteiger partial charge in [-0.3, -0.25) is 4.79 Å². The number of thioether (sulfide) groups is 1. The molecule has 0 bridgehead atoms. The zero-order chi connectivity index (χ0) is 23.2. The van der Waals surface area contributed by atoms with E-state index in [2.05, 4.69) is 35.8 Å². The Balaban J connectivity index is 1.64. The number of carbonyl (C=O) groups is 1. The van der Waals surface area contributed by atoms with E-state index < -0.39 is 5.91 Å². The van der Waals surface area contributed by atoms with Gasteiger partial charge in [0.25, 0.3) is 5.91 Å². The molecular weight excluding hydrogens is 444 g/mol. The first-order chi connectivity index (χ1) is 16.1. The Bertz CT molecular complexity index is 1270. The van der Waals surface area contributed by atoms with E-state index in [1.807, 2.05) is 37.4 Å². The Morgan fingerprint density at radius 1 is 1.21 bits per heavy atom. The molecule has 1 amide bonds. The fraction of sp³-hybridized carbons (Fsp3) is 0.143. The van der Waals surface area contributed by atoms with Crippen LogP contribution in [0.15, 0.2) is 63.2 Å². The highest BCUT2D eigenvalue weighted by Gasteiger charge is 2.25. The van der Waals surface area contributed by atoms with Crippen LogP contribution < -0.4 is 15.9 Å². The lowest BCUT2D eigenvalue weighted by atomic mass is 10.1. The number of nitrogens with one attached hydrogen (secondary N) is 1. The highest BCUT2D eigenvalue weighted by Crippen LogP contribution is 2.28. The highest BCUT2D eigenvalue weighted by molar-refractivity contribution is 7.98. The Morgan fingerprint density at radius 3 is 2.61 bits per heavy atom. The molecule has 168 valence electrons. The van der Waals surface area contributed by atoms with Crippen LogP contribution in [-0.2, 0) is 0 Å². The number of hydrogen-bond donors (Lipinski definition) is 2. The number of nitrogens with zero attached hydrogens (tertiary/aromatic N) is 6. The number of carbonyl (C=O) groups excluding carboxylic acids is 1. The molecule has 2 aromatic heterocycles. The Hall–Kier alpha value is -4.19. The molecule has 12 heteroatoms. The van der Waals surface area contributed by atoms with E-state index >= 15 is 0 Å². The number of hydrazone groups is 1. The first-order valence-electron chi connectivity index (χ1n) is 9.85. The molecule has 0 aliphatic carbocycles. The first-order valence-corrected chi connectivity index (χ1v) is 11.1. The summed E-state index contributed by atoms with van der Waals surface area (Å²) >= 11 is 1.64. The second-order valence-electron chi connectivity index (χ2n) is 6.60. The molecule has 3 N–H and O–H groups in total. The summed E-state index contributed by atoms with van der Waals surface area (Å²) in [5.41, 5.74) is 10.2. The van der Waals surface area contributed by atoms with Gasteiger partial charge in [0.15, 0.2) is 5.69 Å². The lowest BCUT2D eigenvalue weighted by molar-refractivity contribution is 0.0950. The summed E-state index contributed by atoms with van der Waals surface area (Å²) < 4.78 is 11.5. The third kappa shape index (κ3) is 4.85. The molecule has 11 nitrogen and oxygen atoms in total. The van der Waals surface area contributed by atoms with Crippen molar-refractivity contribution in [2.24, 2.45) is 5.10 Å². The third-order valence-corrected chi connectivity index (χ3v) is 5.26. The summed E-state index contributed by atoms with van der Waals surface area (Å²) in [4.78, 5) is 14.0. The van der Waals surface area contributed by atoms with Gasteiger partial charge in [-0.05, 0) is 65.5 Å². The van der Waals surface area contributed by atoms with Crippen LogP contribution in [0.2, 0.25) is 0 Å². The molecular formula is C21H20N8O3S. The fourth-order valence-corrected chi connectivity index (χ4v) is 3.37. The normalized spacial score (nSPS) is 11.1. The van der Waals surface area contributed by atoms with Crippen molar-refractivity contribution in [2.75, 3.05) is 18.6 Å². The summed E-state index contributed by atoms with van der Waals surface area (Å²) in [6, 6.07) is 14.9. The number of nitrogens with two attached hydrogens (primary N) is 1. The number of benzene rings is 2. The molecule has 0 unspecified atom stereocenters. The molecule has 0 aliphatic heterocycles. The Morgan fingerprint density at radius 2 is 1.97 bits per heavy atom. The number of aromatic nitrogens is 5. The van der Waals surface area contributed by atoms with Crippen LogP contribution in [0.25, 0.3) is 17.1 Å².